The first-order valence-corrected chi connectivity index (χ1v) is 9.61. The van der Waals surface area contributed by atoms with E-state index in [1.54, 1.807) is 36.4 Å². The first kappa shape index (κ1) is 17.9. The van der Waals surface area contributed by atoms with Gasteiger partial charge in [-0.25, -0.2) is 4.90 Å². The predicted molar refractivity (Wildman–Crippen MR) is 117 cm³/mol. The monoisotopic (exact) mass is 391 g/mol. The Morgan fingerprint density at radius 1 is 0.633 bits per heavy atom. The van der Waals surface area contributed by atoms with Crippen LogP contribution in [0.25, 0.3) is 10.8 Å². The third kappa shape index (κ3) is 2.97. The van der Waals surface area contributed by atoms with Crippen LogP contribution in [0.2, 0.25) is 0 Å². The number of anilines is 1. The number of benzene rings is 4. The second-order valence-corrected chi connectivity index (χ2v) is 7.21. The highest BCUT2D eigenvalue weighted by Crippen LogP contribution is 2.33. The summed E-state index contributed by atoms with van der Waals surface area (Å²) in [6, 6.07) is 25.7. The summed E-state index contributed by atoms with van der Waals surface area (Å²) in [4.78, 5) is 27.4. The van der Waals surface area contributed by atoms with Crippen molar-refractivity contribution < 1.29 is 9.59 Å². The largest absolute Gasteiger partial charge is 0.268 e. The van der Waals surface area contributed by atoms with Gasteiger partial charge in [-0.1, -0.05) is 42.0 Å². The molecule has 5 rings (SSSR count). The quantitative estimate of drug-likeness (QED) is 0.301. The molecule has 2 amide bonds. The van der Waals surface area contributed by atoms with Crippen LogP contribution in [0.5, 0.6) is 0 Å². The third-order valence-electron chi connectivity index (χ3n) is 5.19. The first-order valence-electron chi connectivity index (χ1n) is 9.61. The fourth-order valence-electron chi connectivity index (χ4n) is 3.66. The van der Waals surface area contributed by atoms with Crippen molar-refractivity contribution >= 4 is 39.6 Å². The van der Waals surface area contributed by atoms with Crippen LogP contribution in [-0.4, -0.2) is 11.8 Å². The van der Waals surface area contributed by atoms with Crippen molar-refractivity contribution in [2.45, 2.75) is 6.92 Å². The molecule has 144 valence electrons. The Balaban J connectivity index is 1.47. The van der Waals surface area contributed by atoms with Gasteiger partial charge < -0.3 is 0 Å². The Morgan fingerprint density at radius 2 is 1.13 bits per heavy atom. The Hall–Kier alpha value is -4.12. The van der Waals surface area contributed by atoms with Crippen molar-refractivity contribution in [1.82, 2.24) is 0 Å². The fourth-order valence-corrected chi connectivity index (χ4v) is 3.66. The summed E-state index contributed by atoms with van der Waals surface area (Å²) in [6.45, 7) is 2.02. The minimum Gasteiger partial charge on any atom is -0.268 e. The molecule has 0 saturated heterocycles. The summed E-state index contributed by atoms with van der Waals surface area (Å²) < 4.78 is 0. The number of carbonyl (C=O) groups excluding carboxylic acids is 2. The van der Waals surface area contributed by atoms with Crippen molar-refractivity contribution in [3.63, 3.8) is 0 Å². The Bertz CT molecular complexity index is 1270. The lowest BCUT2D eigenvalue weighted by molar-refractivity contribution is 0.0893. The molecule has 0 atom stereocenters. The molecule has 0 unspecified atom stereocenters. The highest BCUT2D eigenvalue weighted by atomic mass is 16.2. The van der Waals surface area contributed by atoms with Crippen molar-refractivity contribution in [1.29, 1.82) is 0 Å². The molecular formula is C25H17N3O2. The summed E-state index contributed by atoms with van der Waals surface area (Å²) in [5.74, 6) is -0.642. The number of rotatable bonds is 3. The number of amides is 2. The molecule has 0 bridgehead atoms. The molecule has 1 aliphatic rings. The predicted octanol–water partition coefficient (Wildman–Crippen LogP) is 6.36. The molecule has 4 aromatic rings. The summed E-state index contributed by atoms with van der Waals surface area (Å²) >= 11 is 0. The van der Waals surface area contributed by atoms with Gasteiger partial charge in [0.2, 0.25) is 0 Å². The Labute approximate surface area is 173 Å². The van der Waals surface area contributed by atoms with Gasteiger partial charge in [-0.05, 0) is 60.8 Å². The Morgan fingerprint density at radius 3 is 1.67 bits per heavy atom. The van der Waals surface area contributed by atoms with Gasteiger partial charge in [0.25, 0.3) is 11.8 Å². The van der Waals surface area contributed by atoms with E-state index in [1.165, 1.54) is 4.90 Å². The van der Waals surface area contributed by atoms with Gasteiger partial charge in [0, 0.05) is 16.5 Å². The standard InChI is InChI=1S/C25H17N3O2/c1-16-8-10-18(11-9-16)26-27-19-12-14-20(15-13-19)28-24(29)21-6-2-4-17-5-3-7-22(23(17)21)25(28)30/h2-15H,1H3. The van der Waals surface area contributed by atoms with E-state index >= 15 is 0 Å². The number of hydrogen-bond acceptors (Lipinski definition) is 4. The van der Waals surface area contributed by atoms with E-state index in [-0.39, 0.29) is 11.8 Å². The zero-order chi connectivity index (χ0) is 20.7. The molecule has 4 aromatic carbocycles. The van der Waals surface area contributed by atoms with E-state index in [2.05, 4.69) is 10.2 Å². The molecule has 0 spiro atoms. The average molecular weight is 391 g/mol. The lowest BCUT2D eigenvalue weighted by atomic mass is 9.94. The molecule has 1 aliphatic heterocycles. The van der Waals surface area contributed by atoms with Crippen LogP contribution in [0.3, 0.4) is 0 Å². The molecule has 0 aliphatic carbocycles. The van der Waals surface area contributed by atoms with E-state index in [4.69, 9.17) is 0 Å². The minimum absolute atomic E-state index is 0.321. The van der Waals surface area contributed by atoms with Crippen molar-refractivity contribution in [2.75, 3.05) is 4.90 Å². The number of aryl methyl sites for hydroxylation is 1. The molecule has 0 fully saturated rings. The van der Waals surface area contributed by atoms with Crippen LogP contribution in [0.1, 0.15) is 26.3 Å². The van der Waals surface area contributed by atoms with Crippen molar-refractivity contribution in [3.05, 3.63) is 102 Å². The third-order valence-corrected chi connectivity index (χ3v) is 5.19. The van der Waals surface area contributed by atoms with Crippen LogP contribution in [0.4, 0.5) is 17.1 Å². The second kappa shape index (κ2) is 7.04. The summed E-state index contributed by atoms with van der Waals surface area (Å²) in [7, 11) is 0. The highest BCUT2D eigenvalue weighted by Gasteiger charge is 2.33. The second-order valence-electron chi connectivity index (χ2n) is 7.21. The topological polar surface area (TPSA) is 62.1 Å². The number of imide groups is 1. The highest BCUT2D eigenvalue weighted by molar-refractivity contribution is 6.35. The van der Waals surface area contributed by atoms with Gasteiger partial charge >= 0.3 is 0 Å². The zero-order valence-electron chi connectivity index (χ0n) is 16.2. The van der Waals surface area contributed by atoms with Gasteiger partial charge in [0.05, 0.1) is 17.1 Å². The molecule has 0 aromatic heterocycles. The van der Waals surface area contributed by atoms with Gasteiger partial charge in [-0.15, -0.1) is 0 Å². The van der Waals surface area contributed by atoms with E-state index in [9.17, 15) is 9.59 Å². The van der Waals surface area contributed by atoms with Crippen molar-refractivity contribution in [3.8, 4) is 0 Å². The van der Waals surface area contributed by atoms with Crippen LogP contribution >= 0.6 is 0 Å². The van der Waals surface area contributed by atoms with E-state index in [0.29, 0.717) is 22.5 Å². The number of carbonyl (C=O) groups is 2. The average Bonchev–Trinajstić information content (AvgIpc) is 2.78. The molecule has 0 radical (unpaired) electrons. The van der Waals surface area contributed by atoms with E-state index in [1.807, 2.05) is 55.5 Å². The summed E-state index contributed by atoms with van der Waals surface area (Å²) in [6.07, 6.45) is 0. The lowest BCUT2D eigenvalue weighted by Gasteiger charge is -2.27. The van der Waals surface area contributed by atoms with Crippen LogP contribution in [0, 0.1) is 6.92 Å². The maximum Gasteiger partial charge on any atom is 0.265 e. The number of nitrogens with zero attached hydrogens (tertiary/aromatic N) is 3. The molecule has 0 saturated carbocycles. The number of hydrogen-bond donors (Lipinski definition) is 0. The summed E-state index contributed by atoms with van der Waals surface area (Å²) in [5.41, 5.74) is 4.13. The molecule has 5 nitrogen and oxygen atoms in total. The van der Waals surface area contributed by atoms with E-state index in [0.717, 1.165) is 22.0 Å². The smallest absolute Gasteiger partial charge is 0.265 e. The normalized spacial score (nSPS) is 13.4. The molecular weight excluding hydrogens is 374 g/mol. The van der Waals surface area contributed by atoms with Crippen LogP contribution in [-0.2, 0) is 0 Å². The molecule has 1 heterocycles. The summed E-state index contributed by atoms with van der Waals surface area (Å²) in [5, 5.41) is 10.1. The minimum atomic E-state index is -0.321. The van der Waals surface area contributed by atoms with Gasteiger partial charge in [0.15, 0.2) is 0 Å². The van der Waals surface area contributed by atoms with E-state index < -0.39 is 0 Å². The molecule has 5 heteroatoms. The zero-order valence-corrected chi connectivity index (χ0v) is 16.2. The first-order chi connectivity index (χ1) is 14.6. The number of azo groups is 1. The molecule has 30 heavy (non-hydrogen) atoms. The van der Waals surface area contributed by atoms with Crippen molar-refractivity contribution in [2.24, 2.45) is 10.2 Å². The maximum absolute atomic E-state index is 13.1. The van der Waals surface area contributed by atoms with Gasteiger partial charge in [-0.3, -0.25) is 9.59 Å². The Kier molecular flexibility index (Phi) is 4.21. The van der Waals surface area contributed by atoms with Crippen LogP contribution in [0.15, 0.2) is 95.2 Å². The maximum atomic E-state index is 13.1. The SMILES string of the molecule is Cc1ccc(N=Nc2ccc(N3C(=O)c4cccc5cccc(c45)C3=O)cc2)cc1. The molecule has 0 N–H and O–H groups in total. The van der Waals surface area contributed by atoms with Gasteiger partial charge in [-0.2, -0.15) is 10.2 Å². The lowest BCUT2D eigenvalue weighted by Crippen LogP contribution is -2.40. The van der Waals surface area contributed by atoms with Gasteiger partial charge in [0.1, 0.15) is 0 Å². The fraction of sp³-hybridized carbons (Fsp3) is 0.0400. The van der Waals surface area contributed by atoms with Crippen LogP contribution < -0.4 is 4.90 Å².